The molecule has 168 valence electrons. The van der Waals surface area contributed by atoms with Crippen LogP contribution in [0.25, 0.3) is 0 Å². The summed E-state index contributed by atoms with van der Waals surface area (Å²) in [6.45, 7) is 6.95. The summed E-state index contributed by atoms with van der Waals surface area (Å²) in [6.07, 6.45) is 0.833. The maximum atomic E-state index is 13.5. The number of hydrogen-bond acceptors (Lipinski definition) is 3. The molecule has 1 aliphatic heterocycles. The summed E-state index contributed by atoms with van der Waals surface area (Å²) in [5.41, 5.74) is 1.91. The first kappa shape index (κ1) is 23.4. The Morgan fingerprint density at radius 2 is 1.32 bits per heavy atom. The highest BCUT2D eigenvalue weighted by atomic mass is 19.1. The number of piperazine rings is 1. The van der Waals surface area contributed by atoms with Crippen LogP contribution >= 0.6 is 0 Å². The molecule has 1 aliphatic rings. The van der Waals surface area contributed by atoms with Gasteiger partial charge in [0, 0.05) is 26.2 Å². The third-order valence-corrected chi connectivity index (χ3v) is 5.97. The van der Waals surface area contributed by atoms with Crippen LogP contribution in [0.5, 0.6) is 0 Å². The van der Waals surface area contributed by atoms with Gasteiger partial charge in [0.05, 0.1) is 12.1 Å². The number of halogens is 2. The highest BCUT2D eigenvalue weighted by Crippen LogP contribution is 2.30. The van der Waals surface area contributed by atoms with Crippen molar-refractivity contribution >= 4 is 5.91 Å². The fourth-order valence-electron chi connectivity index (χ4n) is 4.29. The van der Waals surface area contributed by atoms with E-state index in [0.29, 0.717) is 32.1 Å². The lowest BCUT2D eigenvalue weighted by molar-refractivity contribution is -0.138. The van der Waals surface area contributed by atoms with E-state index in [4.69, 9.17) is 0 Å². The fourth-order valence-corrected chi connectivity index (χ4v) is 4.29. The molecule has 3 rings (SSSR count). The van der Waals surface area contributed by atoms with Crippen LogP contribution in [-0.2, 0) is 4.79 Å². The van der Waals surface area contributed by atoms with E-state index in [2.05, 4.69) is 18.7 Å². The molecule has 0 aromatic heterocycles. The minimum atomic E-state index is -0.281. The summed E-state index contributed by atoms with van der Waals surface area (Å²) in [5.74, 6) is 0.0613. The molecule has 31 heavy (non-hydrogen) atoms. The molecule has 1 amide bonds. The van der Waals surface area contributed by atoms with E-state index >= 15 is 0 Å². The minimum absolute atomic E-state index is 0.112. The van der Waals surface area contributed by atoms with Crippen molar-refractivity contribution in [2.75, 3.05) is 40.3 Å². The Morgan fingerprint density at radius 3 is 1.71 bits per heavy atom. The van der Waals surface area contributed by atoms with Gasteiger partial charge in [-0.15, -0.1) is 0 Å². The van der Waals surface area contributed by atoms with Gasteiger partial charge in [-0.25, -0.2) is 8.78 Å². The second kappa shape index (κ2) is 10.3. The Bertz CT molecular complexity index is 799. The SMILES string of the molecule is CC(C)CC(C(=O)N1CCN(C(c2ccc(F)cc2)c2ccc(F)cc2)CC1)N(C)C. The highest BCUT2D eigenvalue weighted by molar-refractivity contribution is 5.82. The van der Waals surface area contributed by atoms with E-state index in [1.54, 1.807) is 24.3 Å². The predicted molar refractivity (Wildman–Crippen MR) is 120 cm³/mol. The molecule has 6 heteroatoms. The lowest BCUT2D eigenvalue weighted by Gasteiger charge is -2.41. The zero-order chi connectivity index (χ0) is 22.5. The predicted octanol–water partition coefficient (Wildman–Crippen LogP) is 4.17. The molecule has 1 unspecified atom stereocenters. The topological polar surface area (TPSA) is 26.8 Å². The number of hydrogen-bond donors (Lipinski definition) is 0. The van der Waals surface area contributed by atoms with Gasteiger partial charge >= 0.3 is 0 Å². The van der Waals surface area contributed by atoms with E-state index in [9.17, 15) is 13.6 Å². The molecular weight excluding hydrogens is 396 g/mol. The molecule has 0 aliphatic carbocycles. The highest BCUT2D eigenvalue weighted by Gasteiger charge is 2.32. The van der Waals surface area contributed by atoms with Crippen LogP contribution < -0.4 is 0 Å². The van der Waals surface area contributed by atoms with Crippen molar-refractivity contribution in [2.45, 2.75) is 32.4 Å². The first-order chi connectivity index (χ1) is 14.8. The molecule has 2 aromatic rings. The number of carbonyl (C=O) groups is 1. The molecule has 0 spiro atoms. The molecule has 0 saturated carbocycles. The quantitative estimate of drug-likeness (QED) is 0.661. The van der Waals surface area contributed by atoms with E-state index < -0.39 is 0 Å². The zero-order valence-corrected chi connectivity index (χ0v) is 18.9. The average Bonchev–Trinajstić information content (AvgIpc) is 2.74. The summed E-state index contributed by atoms with van der Waals surface area (Å²) in [6, 6.07) is 12.7. The Kier molecular flexibility index (Phi) is 7.79. The van der Waals surface area contributed by atoms with Crippen LogP contribution in [0.3, 0.4) is 0 Å². The lowest BCUT2D eigenvalue weighted by Crippen LogP contribution is -2.54. The van der Waals surface area contributed by atoms with E-state index in [1.165, 1.54) is 24.3 Å². The van der Waals surface area contributed by atoms with E-state index in [1.807, 2.05) is 23.9 Å². The molecule has 1 heterocycles. The van der Waals surface area contributed by atoms with Crippen LogP contribution in [0.1, 0.15) is 37.4 Å². The Labute approximate surface area is 184 Å². The summed E-state index contributed by atoms with van der Waals surface area (Å²) in [7, 11) is 3.92. The fraction of sp³-hybridized carbons (Fsp3) is 0.480. The molecule has 0 radical (unpaired) electrons. The van der Waals surface area contributed by atoms with E-state index in [0.717, 1.165) is 17.5 Å². The number of benzene rings is 2. The van der Waals surface area contributed by atoms with Gasteiger partial charge in [0.1, 0.15) is 11.6 Å². The maximum absolute atomic E-state index is 13.5. The third-order valence-electron chi connectivity index (χ3n) is 5.97. The second-order valence-corrected chi connectivity index (χ2v) is 8.98. The van der Waals surface area contributed by atoms with Crippen molar-refractivity contribution in [3.8, 4) is 0 Å². The zero-order valence-electron chi connectivity index (χ0n) is 18.9. The number of amides is 1. The maximum Gasteiger partial charge on any atom is 0.240 e. The second-order valence-electron chi connectivity index (χ2n) is 8.98. The monoisotopic (exact) mass is 429 g/mol. The summed E-state index contributed by atoms with van der Waals surface area (Å²) < 4.78 is 27.0. The molecule has 0 bridgehead atoms. The van der Waals surface area contributed by atoms with Gasteiger partial charge < -0.3 is 4.90 Å². The lowest BCUT2D eigenvalue weighted by atomic mass is 9.96. The van der Waals surface area contributed by atoms with Gasteiger partial charge in [0.15, 0.2) is 0 Å². The van der Waals surface area contributed by atoms with Crippen molar-refractivity contribution in [1.82, 2.24) is 14.7 Å². The Hall–Kier alpha value is -2.31. The van der Waals surface area contributed by atoms with Crippen LogP contribution in [0.15, 0.2) is 48.5 Å². The van der Waals surface area contributed by atoms with Crippen molar-refractivity contribution in [3.05, 3.63) is 71.3 Å². The van der Waals surface area contributed by atoms with E-state index in [-0.39, 0.29) is 29.6 Å². The number of carbonyl (C=O) groups excluding carboxylic acids is 1. The van der Waals surface area contributed by atoms with Gasteiger partial charge in [-0.3, -0.25) is 14.6 Å². The summed E-state index contributed by atoms with van der Waals surface area (Å²) >= 11 is 0. The normalized spacial score (nSPS) is 16.4. The van der Waals surface area contributed by atoms with Gasteiger partial charge in [-0.2, -0.15) is 0 Å². The van der Waals surface area contributed by atoms with Gasteiger partial charge in [0.25, 0.3) is 0 Å². The molecule has 1 saturated heterocycles. The summed E-state index contributed by atoms with van der Waals surface area (Å²) in [5, 5.41) is 0. The number of nitrogens with zero attached hydrogens (tertiary/aromatic N) is 3. The molecule has 0 N–H and O–H groups in total. The standard InChI is InChI=1S/C25H33F2N3O/c1-18(2)17-23(28(3)4)25(31)30-15-13-29(14-16-30)24(19-5-9-21(26)10-6-19)20-7-11-22(27)12-8-20/h5-12,18,23-24H,13-17H2,1-4H3. The van der Waals surface area contributed by atoms with Crippen LogP contribution in [-0.4, -0.2) is 66.9 Å². The van der Waals surface area contributed by atoms with Crippen LogP contribution in [0.2, 0.25) is 0 Å². The van der Waals surface area contributed by atoms with Gasteiger partial charge in [-0.05, 0) is 61.8 Å². The molecule has 4 nitrogen and oxygen atoms in total. The van der Waals surface area contributed by atoms with Gasteiger partial charge in [-0.1, -0.05) is 38.1 Å². The smallest absolute Gasteiger partial charge is 0.240 e. The van der Waals surface area contributed by atoms with Crippen molar-refractivity contribution < 1.29 is 13.6 Å². The number of likely N-dealkylation sites (N-methyl/N-ethyl adjacent to an activating group) is 1. The Morgan fingerprint density at radius 1 is 0.871 bits per heavy atom. The van der Waals surface area contributed by atoms with Crippen molar-refractivity contribution in [2.24, 2.45) is 5.92 Å². The molecule has 2 aromatic carbocycles. The Balaban J connectivity index is 1.77. The average molecular weight is 430 g/mol. The van der Waals surface area contributed by atoms with Crippen LogP contribution in [0, 0.1) is 17.6 Å². The van der Waals surface area contributed by atoms with Crippen molar-refractivity contribution in [1.29, 1.82) is 0 Å². The molecular formula is C25H33F2N3O. The molecule has 1 atom stereocenters. The third kappa shape index (κ3) is 5.89. The first-order valence-corrected chi connectivity index (χ1v) is 11.0. The van der Waals surface area contributed by atoms with Crippen LogP contribution in [0.4, 0.5) is 8.78 Å². The first-order valence-electron chi connectivity index (χ1n) is 11.0. The van der Waals surface area contributed by atoms with Gasteiger partial charge in [0.2, 0.25) is 5.91 Å². The molecule has 1 fully saturated rings. The number of rotatable bonds is 7. The minimum Gasteiger partial charge on any atom is -0.339 e. The summed E-state index contributed by atoms with van der Waals surface area (Å²) in [4.78, 5) is 19.4. The van der Waals surface area contributed by atoms with Crippen molar-refractivity contribution in [3.63, 3.8) is 0 Å². The largest absolute Gasteiger partial charge is 0.339 e.